The summed E-state index contributed by atoms with van der Waals surface area (Å²) >= 11 is 6.12. The molecule has 0 aliphatic heterocycles. The van der Waals surface area contributed by atoms with E-state index in [4.69, 9.17) is 11.6 Å². The van der Waals surface area contributed by atoms with Crippen molar-refractivity contribution >= 4 is 27.4 Å². The number of nitrogens with zero attached hydrogens (tertiary/aromatic N) is 1. The Morgan fingerprint density at radius 3 is 2.43 bits per heavy atom. The second-order valence-electron chi connectivity index (χ2n) is 7.55. The molecule has 2 aromatic carbocycles. The lowest BCUT2D eigenvalue weighted by Crippen LogP contribution is -2.43. The summed E-state index contributed by atoms with van der Waals surface area (Å²) in [4.78, 5) is 4.63. The minimum absolute atomic E-state index is 0.129. The maximum absolute atomic E-state index is 11.7. The third kappa shape index (κ3) is 5.97. The highest BCUT2D eigenvalue weighted by Gasteiger charge is 2.21. The lowest BCUT2D eigenvalue weighted by molar-refractivity contribution is 0.508. The lowest BCUT2D eigenvalue weighted by atomic mass is 9.84. The third-order valence-corrected chi connectivity index (χ3v) is 6.12. The Labute approximate surface area is 173 Å². The summed E-state index contributed by atoms with van der Waals surface area (Å²) in [6.07, 6.45) is 1.22. The molecule has 2 N–H and O–H groups in total. The molecule has 0 atom stereocenters. The molecule has 0 aromatic heterocycles. The van der Waals surface area contributed by atoms with Crippen molar-refractivity contribution in [3.8, 4) is 0 Å². The average Bonchev–Trinajstić information content (AvgIpc) is 2.61. The first-order chi connectivity index (χ1) is 13.0. The van der Waals surface area contributed by atoms with Crippen molar-refractivity contribution in [1.29, 1.82) is 0 Å². The van der Waals surface area contributed by atoms with E-state index in [1.807, 2.05) is 30.3 Å². The molecule has 2 aromatic rings. The van der Waals surface area contributed by atoms with E-state index in [9.17, 15) is 8.42 Å². The van der Waals surface area contributed by atoms with Gasteiger partial charge in [-0.3, -0.25) is 4.99 Å². The first-order valence-corrected chi connectivity index (χ1v) is 11.3. The minimum atomic E-state index is -3.21. The summed E-state index contributed by atoms with van der Waals surface area (Å²) in [6, 6.07) is 13.2. The Balaban J connectivity index is 1.99. The van der Waals surface area contributed by atoms with E-state index in [0.717, 1.165) is 21.7 Å². The molecule has 0 amide bonds. The van der Waals surface area contributed by atoms with E-state index < -0.39 is 9.84 Å². The fourth-order valence-electron chi connectivity index (χ4n) is 2.96. The second-order valence-corrected chi connectivity index (χ2v) is 9.97. The van der Waals surface area contributed by atoms with Crippen molar-refractivity contribution in [1.82, 2.24) is 10.6 Å². The maximum atomic E-state index is 11.7. The van der Waals surface area contributed by atoms with Gasteiger partial charge < -0.3 is 10.6 Å². The van der Waals surface area contributed by atoms with Crippen molar-refractivity contribution in [2.75, 3.05) is 19.8 Å². The van der Waals surface area contributed by atoms with E-state index in [2.05, 4.69) is 35.5 Å². The summed E-state index contributed by atoms with van der Waals surface area (Å²) in [6.45, 7) is 7.32. The largest absolute Gasteiger partial charge is 0.356 e. The molecule has 2 rings (SSSR count). The van der Waals surface area contributed by atoms with Crippen LogP contribution in [0.3, 0.4) is 0 Å². The zero-order valence-corrected chi connectivity index (χ0v) is 18.6. The molecule has 0 saturated heterocycles. The summed E-state index contributed by atoms with van der Waals surface area (Å²) in [5.41, 5.74) is 2.75. The number of guanidine groups is 1. The zero-order valence-electron chi connectivity index (χ0n) is 17.0. The third-order valence-electron chi connectivity index (χ3n) is 4.63. The Hall–Kier alpha value is -2.05. The van der Waals surface area contributed by atoms with Gasteiger partial charge in [0.05, 0.1) is 4.90 Å². The fraction of sp³-hybridized carbons (Fsp3) is 0.381. The van der Waals surface area contributed by atoms with Crippen LogP contribution in [0.4, 0.5) is 0 Å². The highest BCUT2D eigenvalue weighted by molar-refractivity contribution is 7.90. The van der Waals surface area contributed by atoms with E-state index in [0.29, 0.717) is 23.9 Å². The van der Waals surface area contributed by atoms with Crippen LogP contribution in [0.2, 0.25) is 5.02 Å². The summed E-state index contributed by atoms with van der Waals surface area (Å²) in [5, 5.41) is 7.34. The van der Waals surface area contributed by atoms with Crippen molar-refractivity contribution in [2.24, 2.45) is 4.99 Å². The topological polar surface area (TPSA) is 70.6 Å². The van der Waals surface area contributed by atoms with E-state index in [1.54, 1.807) is 20.0 Å². The molecule has 0 fully saturated rings. The van der Waals surface area contributed by atoms with Crippen LogP contribution in [-0.4, -0.2) is 34.2 Å². The number of sulfone groups is 1. The molecule has 28 heavy (non-hydrogen) atoms. The van der Waals surface area contributed by atoms with Gasteiger partial charge in [-0.25, -0.2) is 8.42 Å². The van der Waals surface area contributed by atoms with E-state index in [-0.39, 0.29) is 5.41 Å². The molecule has 0 heterocycles. The molecule has 0 aliphatic rings. The Bertz CT molecular complexity index is 969. The van der Waals surface area contributed by atoms with Crippen LogP contribution in [0.25, 0.3) is 0 Å². The molecule has 0 aliphatic carbocycles. The molecular formula is C21H28ClN3O2S. The van der Waals surface area contributed by atoms with Crippen molar-refractivity contribution < 1.29 is 8.42 Å². The highest BCUT2D eigenvalue weighted by atomic mass is 35.5. The first kappa shape index (κ1) is 22.2. The predicted octanol–water partition coefficient (Wildman–Crippen LogP) is 3.69. The van der Waals surface area contributed by atoms with Gasteiger partial charge in [-0.05, 0) is 41.8 Å². The van der Waals surface area contributed by atoms with Crippen LogP contribution in [0.5, 0.6) is 0 Å². The first-order valence-electron chi connectivity index (χ1n) is 9.03. The van der Waals surface area contributed by atoms with Crippen molar-refractivity contribution in [2.45, 2.75) is 37.6 Å². The van der Waals surface area contributed by atoms with Crippen LogP contribution in [-0.2, 0) is 21.8 Å². The van der Waals surface area contributed by atoms with Crippen LogP contribution in [0.1, 0.15) is 30.5 Å². The highest BCUT2D eigenvalue weighted by Crippen LogP contribution is 2.24. The molecule has 0 spiro atoms. The molecule has 5 nitrogen and oxygen atoms in total. The number of nitrogens with one attached hydrogen (secondary N) is 2. The Kier molecular flexibility index (Phi) is 7.12. The zero-order chi connectivity index (χ0) is 20.9. The molecule has 0 unspecified atom stereocenters. The number of halogens is 1. The number of hydrogen-bond acceptors (Lipinski definition) is 3. The maximum Gasteiger partial charge on any atom is 0.191 e. The van der Waals surface area contributed by atoms with Gasteiger partial charge in [0.25, 0.3) is 0 Å². The van der Waals surface area contributed by atoms with Crippen LogP contribution < -0.4 is 10.6 Å². The number of aryl methyl sites for hydroxylation is 1. The van der Waals surface area contributed by atoms with Gasteiger partial charge in [0.2, 0.25) is 0 Å². The molecule has 0 saturated carbocycles. The van der Waals surface area contributed by atoms with Crippen LogP contribution in [0, 0.1) is 6.92 Å². The SMILES string of the molecule is CN=C(NCc1ccc(S(C)(=O)=O)c(C)c1)NCC(C)(C)c1cccc(Cl)c1. The van der Waals surface area contributed by atoms with Crippen molar-refractivity contribution in [3.05, 3.63) is 64.2 Å². The summed E-state index contributed by atoms with van der Waals surface area (Å²) < 4.78 is 23.5. The minimum Gasteiger partial charge on any atom is -0.356 e. The lowest BCUT2D eigenvalue weighted by Gasteiger charge is -2.27. The molecule has 0 bridgehead atoms. The average molecular weight is 422 g/mol. The number of aliphatic imine (C=N–C) groups is 1. The van der Waals surface area contributed by atoms with E-state index in [1.165, 1.54) is 6.26 Å². The van der Waals surface area contributed by atoms with Crippen LogP contribution >= 0.6 is 11.6 Å². The van der Waals surface area contributed by atoms with Gasteiger partial charge >= 0.3 is 0 Å². The molecular weight excluding hydrogens is 394 g/mol. The fourth-order valence-corrected chi connectivity index (χ4v) is 4.11. The molecule has 152 valence electrons. The van der Waals surface area contributed by atoms with Crippen molar-refractivity contribution in [3.63, 3.8) is 0 Å². The van der Waals surface area contributed by atoms with E-state index >= 15 is 0 Å². The summed E-state index contributed by atoms with van der Waals surface area (Å²) in [7, 11) is -1.48. The Morgan fingerprint density at radius 1 is 1.14 bits per heavy atom. The van der Waals surface area contributed by atoms with Gasteiger partial charge in [-0.1, -0.05) is 49.7 Å². The van der Waals surface area contributed by atoms with Gasteiger partial charge in [0.1, 0.15) is 0 Å². The quantitative estimate of drug-likeness (QED) is 0.551. The number of hydrogen-bond donors (Lipinski definition) is 2. The monoisotopic (exact) mass is 421 g/mol. The van der Waals surface area contributed by atoms with Gasteiger partial charge in [-0.15, -0.1) is 0 Å². The normalized spacial score (nSPS) is 12.7. The molecule has 0 radical (unpaired) electrons. The standard InChI is InChI=1S/C21H28ClN3O2S/c1-15-11-16(9-10-19(15)28(5,26)27)13-24-20(23-4)25-14-21(2,3)17-7-6-8-18(22)12-17/h6-12H,13-14H2,1-5H3,(H2,23,24,25). The van der Waals surface area contributed by atoms with Gasteiger partial charge in [0, 0.05) is 36.8 Å². The number of rotatable bonds is 6. The number of benzene rings is 2. The van der Waals surface area contributed by atoms with Gasteiger partial charge in [-0.2, -0.15) is 0 Å². The predicted molar refractivity (Wildman–Crippen MR) is 117 cm³/mol. The second kappa shape index (κ2) is 8.97. The Morgan fingerprint density at radius 2 is 1.86 bits per heavy atom. The summed E-state index contributed by atoms with van der Waals surface area (Å²) in [5.74, 6) is 0.681. The molecule has 7 heteroatoms. The van der Waals surface area contributed by atoms with Crippen LogP contribution in [0.15, 0.2) is 52.4 Å². The van der Waals surface area contributed by atoms with Gasteiger partial charge in [0.15, 0.2) is 15.8 Å². The smallest absolute Gasteiger partial charge is 0.191 e.